The Morgan fingerprint density at radius 2 is 1.97 bits per heavy atom. The zero-order valence-corrected chi connectivity index (χ0v) is 22.6. The predicted octanol–water partition coefficient (Wildman–Crippen LogP) is 0.996. The highest BCUT2D eigenvalue weighted by molar-refractivity contribution is 7.52. The number of rotatable bonds is 12. The van der Waals surface area contributed by atoms with Gasteiger partial charge in [-0.05, 0) is 46.1 Å². The molecule has 0 aliphatic carbocycles. The monoisotopic (exact) mass is 571 g/mol. The second-order valence-corrected chi connectivity index (χ2v) is 11.0. The van der Waals surface area contributed by atoms with E-state index in [1.54, 1.807) is 37.2 Å². The molecule has 1 saturated heterocycles. The predicted molar refractivity (Wildman–Crippen MR) is 136 cm³/mol. The van der Waals surface area contributed by atoms with E-state index >= 15 is 4.39 Å². The van der Waals surface area contributed by atoms with Gasteiger partial charge in [-0.15, -0.1) is 0 Å². The highest BCUT2D eigenvalue weighted by Gasteiger charge is 2.56. The fourth-order valence-electron chi connectivity index (χ4n) is 3.66. The van der Waals surface area contributed by atoms with Crippen LogP contribution in [0.25, 0.3) is 0 Å². The van der Waals surface area contributed by atoms with Gasteiger partial charge in [0.15, 0.2) is 11.9 Å². The topological polar surface area (TPSA) is 182 Å². The Balaban J connectivity index is 1.76. The fraction of sp³-hybridized carbons (Fsp3) is 0.478. The molecule has 3 rings (SSSR count). The third kappa shape index (κ3) is 7.68. The Hall–Kier alpha value is -3.20. The molecule has 1 aromatic heterocycles. The Morgan fingerprint density at radius 3 is 2.56 bits per heavy atom. The van der Waals surface area contributed by atoms with Crippen molar-refractivity contribution in [1.82, 2.24) is 19.5 Å². The van der Waals surface area contributed by atoms with E-state index in [0.29, 0.717) is 0 Å². The highest BCUT2D eigenvalue weighted by Crippen LogP contribution is 2.47. The minimum atomic E-state index is -4.37. The molecule has 1 aromatic carbocycles. The number of anilines is 1. The summed E-state index contributed by atoms with van der Waals surface area (Å²) in [6.45, 7) is 1.58. The summed E-state index contributed by atoms with van der Waals surface area (Å²) in [4.78, 5) is 41.2. The zero-order chi connectivity index (χ0) is 29.0. The second kappa shape index (κ2) is 12.3. The molecule has 0 saturated carbocycles. The van der Waals surface area contributed by atoms with Crippen molar-refractivity contribution in [2.75, 3.05) is 32.6 Å². The van der Waals surface area contributed by atoms with Crippen LogP contribution in [-0.4, -0.2) is 87.7 Å². The van der Waals surface area contributed by atoms with Gasteiger partial charge in [0.2, 0.25) is 5.91 Å². The average Bonchev–Trinajstić information content (AvgIpc) is 3.06. The Morgan fingerprint density at radius 1 is 1.31 bits per heavy atom. The van der Waals surface area contributed by atoms with Crippen LogP contribution in [0.4, 0.5) is 10.2 Å². The minimum absolute atomic E-state index is 0.0465. The van der Waals surface area contributed by atoms with Gasteiger partial charge in [0, 0.05) is 6.20 Å². The minimum Gasteiger partial charge on any atom is -0.480 e. The van der Waals surface area contributed by atoms with Crippen LogP contribution >= 0.6 is 7.75 Å². The van der Waals surface area contributed by atoms with E-state index in [0.717, 1.165) is 17.7 Å². The van der Waals surface area contributed by atoms with E-state index in [-0.39, 0.29) is 18.1 Å². The van der Waals surface area contributed by atoms with Crippen molar-refractivity contribution >= 4 is 25.4 Å². The largest absolute Gasteiger partial charge is 0.480 e. The summed E-state index contributed by atoms with van der Waals surface area (Å²) in [6, 6.07) is 7.70. The van der Waals surface area contributed by atoms with Gasteiger partial charge >= 0.3 is 19.4 Å². The van der Waals surface area contributed by atoms with Gasteiger partial charge in [0.25, 0.3) is 0 Å². The van der Waals surface area contributed by atoms with E-state index in [1.807, 2.05) is 0 Å². The smallest absolute Gasteiger partial charge is 0.459 e. The standard InChI is InChI=1S/C23H31FN5O9P/c1-14(20(32)33)27-39(35,38-15-8-6-5-7-9-15)36-13-16-19(31)23(2,24)21(37-16)29-11-10-17(26-22(29)34)25-18(30)12-28(3)4/h5-11,14,16,19,21,31H,12-13H2,1-4H3,(H,27,35)(H,32,33)(H,25,26,30,34)/t14-,16+,19+,21+,23+,39?/m0/s1. The van der Waals surface area contributed by atoms with Crippen LogP contribution in [0.3, 0.4) is 0 Å². The Labute approximate surface area is 223 Å². The number of amides is 1. The Bertz CT molecular complexity index is 1280. The van der Waals surface area contributed by atoms with Gasteiger partial charge in [-0.25, -0.2) is 13.8 Å². The van der Waals surface area contributed by atoms with Gasteiger partial charge < -0.3 is 29.7 Å². The molecule has 1 fully saturated rings. The van der Waals surface area contributed by atoms with Crippen molar-refractivity contribution in [3.8, 4) is 5.75 Å². The number of aliphatic hydroxyl groups is 1. The zero-order valence-electron chi connectivity index (χ0n) is 21.7. The molecule has 2 aromatic rings. The number of carboxylic acids is 1. The van der Waals surface area contributed by atoms with E-state index < -0.39 is 62.1 Å². The number of hydrogen-bond donors (Lipinski definition) is 4. The van der Waals surface area contributed by atoms with Crippen molar-refractivity contribution in [3.63, 3.8) is 0 Å². The van der Waals surface area contributed by atoms with Crippen molar-refractivity contribution in [2.24, 2.45) is 0 Å². The lowest BCUT2D eigenvalue weighted by Gasteiger charge is -2.25. The lowest BCUT2D eigenvalue weighted by atomic mass is 9.98. The molecule has 1 aliphatic rings. The molecule has 14 nitrogen and oxygen atoms in total. The van der Waals surface area contributed by atoms with Gasteiger partial charge in [-0.2, -0.15) is 10.1 Å². The number of ether oxygens (including phenoxy) is 1. The molecule has 0 radical (unpaired) electrons. The van der Waals surface area contributed by atoms with E-state index in [4.69, 9.17) is 13.8 Å². The maximum atomic E-state index is 15.6. The van der Waals surface area contributed by atoms with E-state index in [2.05, 4.69) is 15.4 Å². The number of alkyl halides is 1. The first-order valence-corrected chi connectivity index (χ1v) is 13.3. The lowest BCUT2D eigenvalue weighted by Crippen LogP contribution is -2.43. The molecule has 0 bridgehead atoms. The first-order chi connectivity index (χ1) is 18.2. The first-order valence-electron chi connectivity index (χ1n) is 11.8. The van der Waals surface area contributed by atoms with Crippen LogP contribution in [0.5, 0.6) is 5.75 Å². The fourth-order valence-corrected chi connectivity index (χ4v) is 5.16. The summed E-state index contributed by atoms with van der Waals surface area (Å²) >= 11 is 0. The van der Waals surface area contributed by atoms with Crippen molar-refractivity contribution in [3.05, 3.63) is 53.1 Å². The van der Waals surface area contributed by atoms with Crippen molar-refractivity contribution in [2.45, 2.75) is 44.0 Å². The maximum absolute atomic E-state index is 15.6. The van der Waals surface area contributed by atoms with Gasteiger partial charge in [-0.1, -0.05) is 18.2 Å². The summed E-state index contributed by atoms with van der Waals surface area (Å²) < 4.78 is 46.1. The average molecular weight is 571 g/mol. The number of aromatic nitrogens is 2. The highest BCUT2D eigenvalue weighted by atomic mass is 31.2. The number of para-hydroxylation sites is 1. The molecule has 1 unspecified atom stereocenters. The maximum Gasteiger partial charge on any atom is 0.459 e. The number of nitrogens with zero attached hydrogens (tertiary/aromatic N) is 3. The number of likely N-dealkylation sites (N-methyl/N-ethyl adjacent to an activating group) is 1. The van der Waals surface area contributed by atoms with Crippen LogP contribution in [0, 0.1) is 0 Å². The summed E-state index contributed by atoms with van der Waals surface area (Å²) in [5.74, 6) is -1.71. The molecule has 1 amide bonds. The third-order valence-corrected chi connectivity index (χ3v) is 7.27. The van der Waals surface area contributed by atoms with Gasteiger partial charge in [0.05, 0.1) is 13.2 Å². The van der Waals surface area contributed by atoms with Crippen LogP contribution in [0.15, 0.2) is 47.4 Å². The van der Waals surface area contributed by atoms with Crippen molar-refractivity contribution in [1.29, 1.82) is 0 Å². The first kappa shape index (κ1) is 30.3. The molecule has 16 heteroatoms. The van der Waals surface area contributed by atoms with Crippen LogP contribution in [0.2, 0.25) is 0 Å². The van der Waals surface area contributed by atoms with Gasteiger partial charge in [-0.3, -0.25) is 18.7 Å². The lowest BCUT2D eigenvalue weighted by molar-refractivity contribution is -0.138. The van der Waals surface area contributed by atoms with Gasteiger partial charge in [0.1, 0.15) is 29.8 Å². The second-order valence-electron chi connectivity index (χ2n) is 9.30. The number of carbonyl (C=O) groups is 2. The molecule has 39 heavy (non-hydrogen) atoms. The molecule has 6 atom stereocenters. The number of aliphatic carboxylic acids is 1. The quantitative estimate of drug-likeness (QED) is 0.266. The number of aliphatic hydroxyl groups excluding tert-OH is 1. The number of carbonyl (C=O) groups excluding carboxylic acids is 1. The molecule has 4 N–H and O–H groups in total. The number of halogens is 1. The SMILES string of the molecule is C[C@H](NP(=O)(OC[C@H]1O[C@@H](n2ccc(NC(=O)CN(C)C)nc2=O)[C@](C)(F)[C@@H]1O)Oc1ccccc1)C(=O)O. The Kier molecular flexibility index (Phi) is 9.59. The molecule has 2 heterocycles. The van der Waals surface area contributed by atoms with E-state index in [1.165, 1.54) is 25.1 Å². The number of nitrogens with one attached hydrogen (secondary N) is 2. The summed E-state index contributed by atoms with van der Waals surface area (Å²) in [5, 5.41) is 24.6. The molecule has 214 valence electrons. The van der Waals surface area contributed by atoms with Crippen LogP contribution in [-0.2, 0) is 23.4 Å². The number of hydrogen-bond acceptors (Lipinski definition) is 10. The van der Waals surface area contributed by atoms with Crippen molar-refractivity contribution < 1.29 is 42.5 Å². The summed E-state index contributed by atoms with van der Waals surface area (Å²) in [6.07, 6.45) is -3.80. The van der Waals surface area contributed by atoms with Crippen LogP contribution in [0.1, 0.15) is 20.1 Å². The molecular weight excluding hydrogens is 540 g/mol. The normalized spacial score (nSPS) is 25.2. The number of benzene rings is 1. The molecule has 1 aliphatic heterocycles. The number of carboxylic acid groups (broad SMARTS) is 1. The summed E-state index contributed by atoms with van der Waals surface area (Å²) in [5.41, 5.74) is -3.49. The van der Waals surface area contributed by atoms with Crippen LogP contribution < -0.4 is 20.6 Å². The third-order valence-electron chi connectivity index (χ3n) is 5.63. The molecular formula is C23H31FN5O9P. The summed E-state index contributed by atoms with van der Waals surface area (Å²) in [7, 11) is -1.00. The molecule has 0 spiro atoms. The van der Waals surface area contributed by atoms with E-state index in [9.17, 15) is 29.2 Å².